The van der Waals surface area contributed by atoms with E-state index in [4.69, 9.17) is 5.21 Å². The Morgan fingerprint density at radius 3 is 2.21 bits per heavy atom. The highest BCUT2D eigenvalue weighted by molar-refractivity contribution is 6.00. The SMILES string of the molecule is CC(C/C(=N/O)c1ccccc1)Nc1ccccc1. The van der Waals surface area contributed by atoms with Crippen LogP contribution in [-0.2, 0) is 0 Å². The molecule has 2 rings (SSSR count). The third-order valence-corrected chi connectivity index (χ3v) is 2.91. The Bertz CT molecular complexity index is 523. The van der Waals surface area contributed by atoms with E-state index in [0.29, 0.717) is 12.1 Å². The van der Waals surface area contributed by atoms with Crippen LogP contribution in [0.5, 0.6) is 0 Å². The topological polar surface area (TPSA) is 44.6 Å². The molecule has 0 fully saturated rings. The first kappa shape index (κ1) is 13.1. The van der Waals surface area contributed by atoms with Crippen molar-refractivity contribution in [3.63, 3.8) is 0 Å². The Hall–Kier alpha value is -2.29. The second-order valence-electron chi connectivity index (χ2n) is 4.53. The highest BCUT2D eigenvalue weighted by Gasteiger charge is 2.09. The van der Waals surface area contributed by atoms with E-state index in [1.165, 1.54) is 0 Å². The van der Waals surface area contributed by atoms with Gasteiger partial charge < -0.3 is 10.5 Å². The van der Waals surface area contributed by atoms with Crippen molar-refractivity contribution in [3.8, 4) is 0 Å². The first-order valence-electron chi connectivity index (χ1n) is 6.37. The van der Waals surface area contributed by atoms with Crippen molar-refractivity contribution in [2.45, 2.75) is 19.4 Å². The van der Waals surface area contributed by atoms with Crippen LogP contribution in [0.2, 0.25) is 0 Å². The summed E-state index contributed by atoms with van der Waals surface area (Å²) in [6.07, 6.45) is 0.662. The molecule has 0 spiro atoms. The van der Waals surface area contributed by atoms with Gasteiger partial charge in [0.25, 0.3) is 0 Å². The number of rotatable bonds is 5. The van der Waals surface area contributed by atoms with Gasteiger partial charge >= 0.3 is 0 Å². The van der Waals surface area contributed by atoms with Crippen molar-refractivity contribution in [1.82, 2.24) is 0 Å². The molecule has 2 N–H and O–H groups in total. The number of nitrogens with zero attached hydrogens (tertiary/aromatic N) is 1. The van der Waals surface area contributed by atoms with Crippen molar-refractivity contribution in [1.29, 1.82) is 0 Å². The van der Waals surface area contributed by atoms with E-state index in [0.717, 1.165) is 11.3 Å². The van der Waals surface area contributed by atoms with Gasteiger partial charge in [0.1, 0.15) is 0 Å². The molecular weight excluding hydrogens is 236 g/mol. The number of para-hydroxylation sites is 1. The zero-order chi connectivity index (χ0) is 13.5. The lowest BCUT2D eigenvalue weighted by Crippen LogP contribution is -2.20. The van der Waals surface area contributed by atoms with E-state index >= 15 is 0 Å². The van der Waals surface area contributed by atoms with Gasteiger partial charge in [0.15, 0.2) is 0 Å². The summed E-state index contributed by atoms with van der Waals surface area (Å²) in [5, 5.41) is 16.0. The van der Waals surface area contributed by atoms with Crippen LogP contribution in [0.3, 0.4) is 0 Å². The number of anilines is 1. The zero-order valence-corrected chi connectivity index (χ0v) is 11.0. The first-order chi connectivity index (χ1) is 9.29. The Morgan fingerprint density at radius 2 is 1.63 bits per heavy atom. The quantitative estimate of drug-likeness (QED) is 0.485. The minimum atomic E-state index is 0.188. The fourth-order valence-corrected chi connectivity index (χ4v) is 2.01. The lowest BCUT2D eigenvalue weighted by molar-refractivity contribution is 0.317. The maximum absolute atomic E-state index is 9.15. The van der Waals surface area contributed by atoms with Crippen molar-refractivity contribution >= 4 is 11.4 Å². The summed E-state index contributed by atoms with van der Waals surface area (Å²) in [6, 6.07) is 19.9. The molecule has 0 saturated carbocycles. The molecule has 0 aliphatic carbocycles. The summed E-state index contributed by atoms with van der Waals surface area (Å²) in [4.78, 5) is 0. The summed E-state index contributed by atoms with van der Waals surface area (Å²) >= 11 is 0. The first-order valence-corrected chi connectivity index (χ1v) is 6.37. The molecule has 2 aromatic rings. The maximum Gasteiger partial charge on any atom is 0.0888 e. The summed E-state index contributed by atoms with van der Waals surface area (Å²) < 4.78 is 0. The van der Waals surface area contributed by atoms with Gasteiger partial charge in [-0.15, -0.1) is 0 Å². The predicted molar refractivity (Wildman–Crippen MR) is 78.9 cm³/mol. The van der Waals surface area contributed by atoms with Crippen molar-refractivity contribution in [2.75, 3.05) is 5.32 Å². The van der Waals surface area contributed by atoms with Gasteiger partial charge in [-0.05, 0) is 24.6 Å². The predicted octanol–water partition coefficient (Wildman–Crippen LogP) is 3.76. The van der Waals surface area contributed by atoms with Crippen molar-refractivity contribution in [3.05, 3.63) is 66.2 Å². The number of hydrogen-bond acceptors (Lipinski definition) is 3. The molecule has 19 heavy (non-hydrogen) atoms. The minimum absolute atomic E-state index is 0.188. The number of benzene rings is 2. The molecular formula is C16H18N2O. The van der Waals surface area contributed by atoms with Crippen LogP contribution in [0.1, 0.15) is 18.9 Å². The summed E-state index contributed by atoms with van der Waals surface area (Å²) in [7, 11) is 0. The highest BCUT2D eigenvalue weighted by atomic mass is 16.4. The summed E-state index contributed by atoms with van der Waals surface area (Å²) in [6.45, 7) is 2.07. The fourth-order valence-electron chi connectivity index (χ4n) is 2.01. The number of nitrogens with one attached hydrogen (secondary N) is 1. The third-order valence-electron chi connectivity index (χ3n) is 2.91. The van der Waals surface area contributed by atoms with Gasteiger partial charge in [-0.25, -0.2) is 0 Å². The van der Waals surface area contributed by atoms with E-state index in [9.17, 15) is 0 Å². The van der Waals surface area contributed by atoms with Gasteiger partial charge in [0, 0.05) is 18.2 Å². The fraction of sp³-hybridized carbons (Fsp3) is 0.188. The molecule has 1 atom stereocenters. The standard InChI is InChI=1S/C16H18N2O/c1-13(17-15-10-6-3-7-11-15)12-16(18-19)14-8-4-2-5-9-14/h2-11,13,17,19H,12H2,1H3/b18-16-. The molecule has 2 aromatic carbocycles. The van der Waals surface area contributed by atoms with Crippen LogP contribution in [0.4, 0.5) is 5.69 Å². The molecule has 0 aromatic heterocycles. The number of oxime groups is 1. The molecule has 1 unspecified atom stereocenters. The van der Waals surface area contributed by atoms with Crippen LogP contribution >= 0.6 is 0 Å². The maximum atomic E-state index is 9.15. The zero-order valence-electron chi connectivity index (χ0n) is 11.0. The van der Waals surface area contributed by atoms with E-state index < -0.39 is 0 Å². The molecule has 0 aliphatic heterocycles. The molecule has 3 heteroatoms. The Morgan fingerprint density at radius 1 is 1.05 bits per heavy atom. The average molecular weight is 254 g/mol. The minimum Gasteiger partial charge on any atom is -0.411 e. The molecule has 0 amide bonds. The van der Waals surface area contributed by atoms with Gasteiger partial charge in [-0.3, -0.25) is 0 Å². The monoisotopic (exact) mass is 254 g/mol. The van der Waals surface area contributed by atoms with E-state index in [2.05, 4.69) is 17.4 Å². The normalized spacial score (nSPS) is 13.0. The lowest BCUT2D eigenvalue weighted by Gasteiger charge is -2.15. The second kappa shape index (κ2) is 6.59. The van der Waals surface area contributed by atoms with Crippen molar-refractivity contribution in [2.24, 2.45) is 5.16 Å². The van der Waals surface area contributed by atoms with Crippen LogP contribution in [-0.4, -0.2) is 17.0 Å². The van der Waals surface area contributed by atoms with Gasteiger partial charge in [0.2, 0.25) is 0 Å². The molecule has 98 valence electrons. The molecule has 0 saturated heterocycles. The largest absolute Gasteiger partial charge is 0.411 e. The Kier molecular flexibility index (Phi) is 4.56. The lowest BCUT2D eigenvalue weighted by atomic mass is 10.0. The van der Waals surface area contributed by atoms with Crippen LogP contribution in [0.15, 0.2) is 65.8 Å². The average Bonchev–Trinajstić information content (AvgIpc) is 2.47. The van der Waals surface area contributed by atoms with E-state index in [1.54, 1.807) is 0 Å². The van der Waals surface area contributed by atoms with Crippen molar-refractivity contribution < 1.29 is 5.21 Å². The highest BCUT2D eigenvalue weighted by Crippen LogP contribution is 2.12. The van der Waals surface area contributed by atoms with Crippen LogP contribution in [0, 0.1) is 0 Å². The van der Waals surface area contributed by atoms with Gasteiger partial charge in [-0.1, -0.05) is 53.7 Å². The molecule has 0 aliphatic rings. The third kappa shape index (κ3) is 3.85. The van der Waals surface area contributed by atoms with Gasteiger partial charge in [-0.2, -0.15) is 0 Å². The van der Waals surface area contributed by atoms with Gasteiger partial charge in [0.05, 0.1) is 5.71 Å². The number of hydrogen-bond donors (Lipinski definition) is 2. The second-order valence-corrected chi connectivity index (χ2v) is 4.53. The molecule has 0 radical (unpaired) electrons. The summed E-state index contributed by atoms with van der Waals surface area (Å²) in [5.41, 5.74) is 2.71. The molecule has 0 bridgehead atoms. The summed E-state index contributed by atoms with van der Waals surface area (Å²) in [5.74, 6) is 0. The molecule has 3 nitrogen and oxygen atoms in total. The molecule has 0 heterocycles. The van der Waals surface area contributed by atoms with E-state index in [-0.39, 0.29) is 6.04 Å². The van der Waals surface area contributed by atoms with Crippen LogP contribution < -0.4 is 5.32 Å². The Labute approximate surface area is 113 Å². The Balaban J connectivity index is 2.00. The van der Waals surface area contributed by atoms with Crippen LogP contribution in [0.25, 0.3) is 0 Å². The van der Waals surface area contributed by atoms with E-state index in [1.807, 2.05) is 60.7 Å². The smallest absolute Gasteiger partial charge is 0.0888 e.